The molecule has 1 aromatic rings. The molecule has 2 N–H and O–H groups in total. The largest absolute Gasteiger partial charge is 0.491 e. The van der Waals surface area contributed by atoms with Crippen molar-refractivity contribution in [1.29, 1.82) is 0 Å². The van der Waals surface area contributed by atoms with E-state index in [1.807, 2.05) is 26.0 Å². The van der Waals surface area contributed by atoms with E-state index in [2.05, 4.69) is 18.2 Å². The van der Waals surface area contributed by atoms with Gasteiger partial charge in [0.1, 0.15) is 5.75 Å². The van der Waals surface area contributed by atoms with Gasteiger partial charge in [0.25, 0.3) is 0 Å². The van der Waals surface area contributed by atoms with Crippen molar-refractivity contribution in [3.63, 3.8) is 0 Å². The third-order valence-corrected chi connectivity index (χ3v) is 3.53. The maximum Gasteiger partial charge on any atom is 0.120 e. The zero-order valence-electron chi connectivity index (χ0n) is 12.1. The van der Waals surface area contributed by atoms with E-state index >= 15 is 0 Å². The molecule has 0 spiro atoms. The first-order valence-corrected chi connectivity index (χ1v) is 7.35. The third kappa shape index (κ3) is 4.39. The van der Waals surface area contributed by atoms with Gasteiger partial charge in [0.15, 0.2) is 0 Å². The second kappa shape index (κ2) is 6.76. The molecule has 0 aliphatic heterocycles. The zero-order valence-corrected chi connectivity index (χ0v) is 12.1. The van der Waals surface area contributed by atoms with Crippen LogP contribution in [0.5, 0.6) is 5.75 Å². The first-order valence-electron chi connectivity index (χ1n) is 7.35. The molecule has 1 unspecified atom stereocenters. The summed E-state index contributed by atoms with van der Waals surface area (Å²) in [5.41, 5.74) is 9.02. The fraction of sp³-hybridized carbons (Fsp3) is 0.529. The van der Waals surface area contributed by atoms with Crippen LogP contribution in [-0.2, 0) is 0 Å². The van der Waals surface area contributed by atoms with Gasteiger partial charge in [0, 0.05) is 6.04 Å². The molecule has 1 atom stereocenters. The highest BCUT2D eigenvalue weighted by Gasteiger charge is 2.12. The number of ether oxygens (including phenoxy) is 1. The second-order valence-corrected chi connectivity index (χ2v) is 5.66. The third-order valence-electron chi connectivity index (χ3n) is 3.53. The molecule has 104 valence electrons. The van der Waals surface area contributed by atoms with Crippen LogP contribution in [0.2, 0.25) is 0 Å². The van der Waals surface area contributed by atoms with Gasteiger partial charge in [0.05, 0.1) is 6.10 Å². The van der Waals surface area contributed by atoms with Gasteiger partial charge in [-0.1, -0.05) is 23.8 Å². The fourth-order valence-corrected chi connectivity index (χ4v) is 2.58. The normalized spacial score (nSPS) is 17.2. The molecule has 2 rings (SSSR count). The monoisotopic (exact) mass is 259 g/mol. The summed E-state index contributed by atoms with van der Waals surface area (Å²) in [6.07, 6.45) is 8.63. The number of allylic oxidation sites excluding steroid dienone is 1. The van der Waals surface area contributed by atoms with Crippen molar-refractivity contribution in [3.8, 4) is 5.75 Å². The summed E-state index contributed by atoms with van der Waals surface area (Å²) in [6, 6.07) is 8.29. The fourth-order valence-electron chi connectivity index (χ4n) is 2.58. The molecule has 0 bridgehead atoms. The van der Waals surface area contributed by atoms with E-state index in [0.29, 0.717) is 0 Å². The van der Waals surface area contributed by atoms with Gasteiger partial charge < -0.3 is 10.5 Å². The Morgan fingerprint density at radius 2 is 2.11 bits per heavy atom. The van der Waals surface area contributed by atoms with Crippen LogP contribution in [0.25, 0.3) is 0 Å². The van der Waals surface area contributed by atoms with Gasteiger partial charge in [-0.3, -0.25) is 0 Å². The Hall–Kier alpha value is -1.28. The minimum Gasteiger partial charge on any atom is -0.491 e. The minimum absolute atomic E-state index is 0.0834. The Labute approximate surface area is 116 Å². The highest BCUT2D eigenvalue weighted by Crippen LogP contribution is 2.27. The molecule has 2 heteroatoms. The van der Waals surface area contributed by atoms with Crippen LogP contribution in [0.15, 0.2) is 35.9 Å². The Kier molecular flexibility index (Phi) is 5.03. The lowest BCUT2D eigenvalue weighted by atomic mass is 9.92. The molecule has 19 heavy (non-hydrogen) atoms. The van der Waals surface area contributed by atoms with Crippen molar-refractivity contribution in [2.24, 2.45) is 5.73 Å². The molecule has 0 radical (unpaired) electrons. The second-order valence-electron chi connectivity index (χ2n) is 5.66. The van der Waals surface area contributed by atoms with Crippen LogP contribution in [0.3, 0.4) is 0 Å². The molecule has 0 aromatic heterocycles. The van der Waals surface area contributed by atoms with Gasteiger partial charge in [-0.15, -0.1) is 0 Å². The Morgan fingerprint density at radius 3 is 2.79 bits per heavy atom. The smallest absolute Gasteiger partial charge is 0.120 e. The quantitative estimate of drug-likeness (QED) is 0.797. The number of hydrogen-bond donors (Lipinski definition) is 1. The van der Waals surface area contributed by atoms with E-state index in [4.69, 9.17) is 10.5 Å². The van der Waals surface area contributed by atoms with Crippen molar-refractivity contribution in [2.45, 2.75) is 58.1 Å². The average molecular weight is 259 g/mol. The van der Waals surface area contributed by atoms with E-state index in [-0.39, 0.29) is 12.1 Å². The van der Waals surface area contributed by atoms with Crippen molar-refractivity contribution >= 4 is 0 Å². The van der Waals surface area contributed by atoms with Gasteiger partial charge in [-0.2, -0.15) is 0 Å². The van der Waals surface area contributed by atoms with Crippen LogP contribution in [0.1, 0.15) is 57.6 Å². The van der Waals surface area contributed by atoms with Gasteiger partial charge in [-0.25, -0.2) is 0 Å². The van der Waals surface area contributed by atoms with Crippen molar-refractivity contribution in [2.75, 3.05) is 0 Å². The molecule has 1 aliphatic rings. The maximum atomic E-state index is 6.33. The summed E-state index contributed by atoms with van der Waals surface area (Å²) in [4.78, 5) is 0. The topological polar surface area (TPSA) is 35.2 Å². The molecular formula is C17H25NO. The Morgan fingerprint density at radius 1 is 1.26 bits per heavy atom. The lowest BCUT2D eigenvalue weighted by molar-refractivity contribution is 0.242. The molecule has 1 aliphatic carbocycles. The summed E-state index contributed by atoms with van der Waals surface area (Å²) in [7, 11) is 0. The first-order chi connectivity index (χ1) is 9.15. The summed E-state index contributed by atoms with van der Waals surface area (Å²) < 4.78 is 5.72. The number of rotatable bonds is 5. The number of hydrogen-bond acceptors (Lipinski definition) is 2. The SMILES string of the molecule is CC(C)Oc1cccc(C(N)CC2=CCCCC2)c1. The van der Waals surface area contributed by atoms with E-state index in [1.54, 1.807) is 0 Å². The molecule has 2 nitrogen and oxygen atoms in total. The van der Waals surface area contributed by atoms with Crippen LogP contribution in [0.4, 0.5) is 0 Å². The predicted octanol–water partition coefficient (Wildman–Crippen LogP) is 4.36. The van der Waals surface area contributed by atoms with E-state index in [9.17, 15) is 0 Å². The first kappa shape index (κ1) is 14.1. The summed E-state index contributed by atoms with van der Waals surface area (Å²) in [5.74, 6) is 0.917. The van der Waals surface area contributed by atoms with Crippen LogP contribution in [0, 0.1) is 0 Å². The minimum atomic E-state index is 0.0834. The molecule has 0 heterocycles. The summed E-state index contributed by atoms with van der Waals surface area (Å²) in [6.45, 7) is 4.08. The maximum absolute atomic E-state index is 6.33. The van der Waals surface area contributed by atoms with Crippen molar-refractivity contribution in [1.82, 2.24) is 0 Å². The predicted molar refractivity (Wildman–Crippen MR) is 80.3 cm³/mol. The van der Waals surface area contributed by atoms with Crippen LogP contribution in [-0.4, -0.2) is 6.10 Å². The highest BCUT2D eigenvalue weighted by molar-refractivity contribution is 5.31. The average Bonchev–Trinajstić information content (AvgIpc) is 2.39. The van der Waals surface area contributed by atoms with Gasteiger partial charge in [-0.05, 0) is 63.6 Å². The van der Waals surface area contributed by atoms with E-state index in [0.717, 1.165) is 12.2 Å². The Bertz CT molecular complexity index is 437. The molecular weight excluding hydrogens is 234 g/mol. The van der Waals surface area contributed by atoms with Crippen LogP contribution >= 0.6 is 0 Å². The molecule has 1 aromatic carbocycles. The van der Waals surface area contributed by atoms with Crippen LogP contribution < -0.4 is 10.5 Å². The summed E-state index contributed by atoms with van der Waals surface area (Å²) >= 11 is 0. The molecule has 0 fully saturated rings. The zero-order chi connectivity index (χ0) is 13.7. The number of nitrogens with two attached hydrogens (primary N) is 1. The molecule has 0 saturated heterocycles. The van der Waals surface area contributed by atoms with E-state index < -0.39 is 0 Å². The van der Waals surface area contributed by atoms with Gasteiger partial charge in [0.2, 0.25) is 0 Å². The standard InChI is InChI=1S/C17H25NO/c1-13(2)19-16-10-6-9-15(12-16)17(18)11-14-7-4-3-5-8-14/h6-7,9-10,12-13,17H,3-5,8,11,18H2,1-2H3. The van der Waals surface area contributed by atoms with Crippen molar-refractivity contribution < 1.29 is 4.74 Å². The Balaban J connectivity index is 2.01. The summed E-state index contributed by atoms with van der Waals surface area (Å²) in [5, 5.41) is 0. The van der Waals surface area contributed by atoms with Crippen molar-refractivity contribution in [3.05, 3.63) is 41.5 Å². The van der Waals surface area contributed by atoms with E-state index in [1.165, 1.54) is 36.8 Å². The molecule has 0 saturated carbocycles. The number of benzene rings is 1. The van der Waals surface area contributed by atoms with Gasteiger partial charge >= 0.3 is 0 Å². The lowest BCUT2D eigenvalue weighted by Gasteiger charge is -2.18. The lowest BCUT2D eigenvalue weighted by Crippen LogP contribution is -2.13. The highest BCUT2D eigenvalue weighted by atomic mass is 16.5. The molecule has 0 amide bonds.